The van der Waals surface area contributed by atoms with E-state index in [2.05, 4.69) is 6.92 Å². The summed E-state index contributed by atoms with van der Waals surface area (Å²) in [4.78, 5) is 23.8. The van der Waals surface area contributed by atoms with E-state index in [0.29, 0.717) is 19.1 Å². The van der Waals surface area contributed by atoms with Gasteiger partial charge in [0, 0.05) is 20.5 Å². The highest BCUT2D eigenvalue weighted by atomic mass is 16.5. The minimum atomic E-state index is -0.327. The molecule has 0 radical (unpaired) electrons. The Balaban J connectivity index is 2.46. The molecule has 1 saturated heterocycles. The Kier molecular flexibility index (Phi) is 5.41. The molecule has 0 spiro atoms. The molecular weight excluding hydrogens is 222 g/mol. The fraction of sp³-hybridized carbons (Fsp3) is 0.833. The van der Waals surface area contributed by atoms with Crippen molar-refractivity contribution in [2.24, 2.45) is 5.92 Å². The summed E-state index contributed by atoms with van der Waals surface area (Å²) < 4.78 is 10.4. The zero-order valence-electron chi connectivity index (χ0n) is 10.8. The molecule has 0 bridgehead atoms. The van der Waals surface area contributed by atoms with Gasteiger partial charge in [0.05, 0.1) is 6.54 Å². The standard InChI is InChI=1S/C12H21NO4/c1-9-4-6-17-12(8-9)13(10(2)14)5-7-16-11(3)15/h9,12H,4-8H2,1-3H3/t9-,12+/m0/s1. The van der Waals surface area contributed by atoms with Crippen molar-refractivity contribution in [2.75, 3.05) is 19.8 Å². The maximum absolute atomic E-state index is 11.5. The highest BCUT2D eigenvalue weighted by molar-refractivity contribution is 5.73. The topological polar surface area (TPSA) is 55.8 Å². The lowest BCUT2D eigenvalue weighted by Crippen LogP contribution is -2.45. The van der Waals surface area contributed by atoms with Crippen LogP contribution in [-0.2, 0) is 19.1 Å². The molecule has 0 aromatic rings. The van der Waals surface area contributed by atoms with Crippen LogP contribution in [-0.4, -0.2) is 42.8 Å². The van der Waals surface area contributed by atoms with E-state index in [4.69, 9.17) is 9.47 Å². The summed E-state index contributed by atoms with van der Waals surface area (Å²) in [7, 11) is 0. The quantitative estimate of drug-likeness (QED) is 0.695. The Morgan fingerprint density at radius 1 is 1.41 bits per heavy atom. The van der Waals surface area contributed by atoms with Gasteiger partial charge in [0.15, 0.2) is 0 Å². The molecule has 0 aromatic carbocycles. The molecule has 1 aliphatic heterocycles. The summed E-state index contributed by atoms with van der Waals surface area (Å²) in [6.45, 7) is 6.33. The van der Waals surface area contributed by atoms with Crippen molar-refractivity contribution in [3.05, 3.63) is 0 Å². The Morgan fingerprint density at radius 2 is 2.12 bits per heavy atom. The van der Waals surface area contributed by atoms with Crippen LogP contribution in [0.4, 0.5) is 0 Å². The molecule has 5 heteroatoms. The molecule has 1 rings (SSSR count). The zero-order chi connectivity index (χ0) is 12.8. The molecule has 0 unspecified atom stereocenters. The number of nitrogens with zero attached hydrogens (tertiary/aromatic N) is 1. The average molecular weight is 243 g/mol. The lowest BCUT2D eigenvalue weighted by atomic mass is 10.0. The minimum Gasteiger partial charge on any atom is -0.464 e. The van der Waals surface area contributed by atoms with Crippen molar-refractivity contribution in [2.45, 2.75) is 39.8 Å². The van der Waals surface area contributed by atoms with Crippen molar-refractivity contribution in [1.29, 1.82) is 0 Å². The third kappa shape index (κ3) is 4.73. The number of rotatable bonds is 4. The van der Waals surface area contributed by atoms with Crippen LogP contribution in [0.1, 0.15) is 33.6 Å². The van der Waals surface area contributed by atoms with Crippen LogP contribution in [0.25, 0.3) is 0 Å². The molecule has 1 aliphatic rings. The Labute approximate surface area is 102 Å². The fourth-order valence-electron chi connectivity index (χ4n) is 1.94. The molecule has 1 amide bonds. The van der Waals surface area contributed by atoms with Crippen molar-refractivity contribution in [1.82, 2.24) is 4.90 Å². The number of carbonyl (C=O) groups is 2. The summed E-state index contributed by atoms with van der Waals surface area (Å²) in [6, 6.07) is 0. The van der Waals surface area contributed by atoms with Crippen LogP contribution in [0, 0.1) is 5.92 Å². The first-order valence-corrected chi connectivity index (χ1v) is 6.03. The SMILES string of the molecule is CC(=O)OCCN(C(C)=O)[C@H]1C[C@@H](C)CCO1. The van der Waals surface area contributed by atoms with Gasteiger partial charge in [-0.15, -0.1) is 0 Å². The number of esters is 1. The van der Waals surface area contributed by atoms with Gasteiger partial charge in [0.1, 0.15) is 12.8 Å². The molecule has 0 N–H and O–H groups in total. The lowest BCUT2D eigenvalue weighted by molar-refractivity contribution is -0.157. The second-order valence-electron chi connectivity index (χ2n) is 4.51. The third-order valence-corrected chi connectivity index (χ3v) is 2.91. The van der Waals surface area contributed by atoms with Gasteiger partial charge in [-0.2, -0.15) is 0 Å². The van der Waals surface area contributed by atoms with E-state index in [9.17, 15) is 9.59 Å². The molecule has 5 nitrogen and oxygen atoms in total. The van der Waals surface area contributed by atoms with E-state index in [1.54, 1.807) is 4.90 Å². The highest BCUT2D eigenvalue weighted by Gasteiger charge is 2.27. The van der Waals surface area contributed by atoms with Gasteiger partial charge in [-0.3, -0.25) is 9.59 Å². The molecule has 98 valence electrons. The van der Waals surface area contributed by atoms with Gasteiger partial charge in [-0.05, 0) is 18.8 Å². The van der Waals surface area contributed by atoms with Gasteiger partial charge >= 0.3 is 5.97 Å². The Morgan fingerprint density at radius 3 is 2.65 bits per heavy atom. The molecule has 1 fully saturated rings. The van der Waals surface area contributed by atoms with Crippen molar-refractivity contribution in [3.8, 4) is 0 Å². The minimum absolute atomic E-state index is 0.0451. The first kappa shape index (κ1) is 14.0. The second-order valence-corrected chi connectivity index (χ2v) is 4.51. The molecular formula is C12H21NO4. The van der Waals surface area contributed by atoms with Crippen LogP contribution in [0.3, 0.4) is 0 Å². The van der Waals surface area contributed by atoms with Crippen LogP contribution in [0.2, 0.25) is 0 Å². The van der Waals surface area contributed by atoms with Crippen LogP contribution < -0.4 is 0 Å². The molecule has 17 heavy (non-hydrogen) atoms. The average Bonchev–Trinajstić information content (AvgIpc) is 2.23. The molecule has 0 aromatic heterocycles. The smallest absolute Gasteiger partial charge is 0.302 e. The summed E-state index contributed by atoms with van der Waals surface area (Å²) in [5.74, 6) is 0.187. The monoisotopic (exact) mass is 243 g/mol. The maximum atomic E-state index is 11.5. The number of carbonyl (C=O) groups excluding carboxylic acids is 2. The largest absolute Gasteiger partial charge is 0.464 e. The predicted molar refractivity (Wildman–Crippen MR) is 62.2 cm³/mol. The fourth-order valence-corrected chi connectivity index (χ4v) is 1.94. The van der Waals surface area contributed by atoms with Gasteiger partial charge in [-0.1, -0.05) is 6.92 Å². The first-order chi connectivity index (χ1) is 8.00. The number of hydrogen-bond donors (Lipinski definition) is 0. The molecule has 1 heterocycles. The summed E-state index contributed by atoms with van der Waals surface area (Å²) in [6.07, 6.45) is 1.71. The number of amides is 1. The van der Waals surface area contributed by atoms with E-state index >= 15 is 0 Å². The van der Waals surface area contributed by atoms with Crippen LogP contribution >= 0.6 is 0 Å². The number of hydrogen-bond acceptors (Lipinski definition) is 4. The highest BCUT2D eigenvalue weighted by Crippen LogP contribution is 2.22. The lowest BCUT2D eigenvalue weighted by Gasteiger charge is -2.35. The molecule has 2 atom stereocenters. The van der Waals surface area contributed by atoms with Gasteiger partial charge in [-0.25, -0.2) is 0 Å². The van der Waals surface area contributed by atoms with E-state index in [1.807, 2.05) is 0 Å². The summed E-state index contributed by atoms with van der Waals surface area (Å²) in [5.41, 5.74) is 0. The zero-order valence-corrected chi connectivity index (χ0v) is 10.8. The van der Waals surface area contributed by atoms with E-state index < -0.39 is 0 Å². The van der Waals surface area contributed by atoms with Gasteiger partial charge in [0.2, 0.25) is 5.91 Å². The number of ether oxygens (including phenoxy) is 2. The molecule has 0 saturated carbocycles. The molecule has 0 aliphatic carbocycles. The normalized spacial score (nSPS) is 24.2. The van der Waals surface area contributed by atoms with E-state index in [1.165, 1.54) is 13.8 Å². The van der Waals surface area contributed by atoms with Crippen molar-refractivity contribution < 1.29 is 19.1 Å². The van der Waals surface area contributed by atoms with Crippen molar-refractivity contribution in [3.63, 3.8) is 0 Å². The Bertz CT molecular complexity index is 280. The summed E-state index contributed by atoms with van der Waals surface area (Å²) >= 11 is 0. The second kappa shape index (κ2) is 6.59. The van der Waals surface area contributed by atoms with Crippen LogP contribution in [0.15, 0.2) is 0 Å². The van der Waals surface area contributed by atoms with Gasteiger partial charge in [0.25, 0.3) is 0 Å². The first-order valence-electron chi connectivity index (χ1n) is 6.03. The van der Waals surface area contributed by atoms with E-state index in [0.717, 1.165) is 12.8 Å². The predicted octanol–water partition coefficient (Wildman–Crippen LogP) is 1.17. The Hall–Kier alpha value is -1.10. The van der Waals surface area contributed by atoms with Crippen LogP contribution in [0.5, 0.6) is 0 Å². The van der Waals surface area contributed by atoms with Crippen molar-refractivity contribution >= 4 is 11.9 Å². The summed E-state index contributed by atoms with van der Waals surface area (Å²) in [5, 5.41) is 0. The van der Waals surface area contributed by atoms with E-state index in [-0.39, 0.29) is 24.7 Å². The van der Waals surface area contributed by atoms with Gasteiger partial charge < -0.3 is 14.4 Å². The maximum Gasteiger partial charge on any atom is 0.302 e. The third-order valence-electron chi connectivity index (χ3n) is 2.91.